The van der Waals surface area contributed by atoms with E-state index >= 15 is 0 Å². The second kappa shape index (κ2) is 8.04. The number of nitrogens with one attached hydrogen (secondary N) is 2. The van der Waals surface area contributed by atoms with Gasteiger partial charge in [0.2, 0.25) is 11.8 Å². The molecule has 1 fully saturated rings. The molecule has 140 valence electrons. The fraction of sp³-hybridized carbons (Fsp3) is 0.0952. The van der Waals surface area contributed by atoms with E-state index < -0.39 is 5.25 Å². The van der Waals surface area contributed by atoms with E-state index in [-0.39, 0.29) is 18.2 Å². The van der Waals surface area contributed by atoms with Crippen LogP contribution in [0.15, 0.2) is 71.7 Å². The Kier molecular flexibility index (Phi) is 5.32. The largest absolute Gasteiger partial charge is 0.326 e. The van der Waals surface area contributed by atoms with Crippen LogP contribution in [0, 0.1) is 0 Å². The number of carbonyl (C=O) groups is 2. The summed E-state index contributed by atoms with van der Waals surface area (Å²) in [7, 11) is 0. The third-order valence-corrected chi connectivity index (χ3v) is 5.57. The summed E-state index contributed by atoms with van der Waals surface area (Å²) in [5, 5.41) is 8.33. The molecule has 0 radical (unpaired) electrons. The van der Waals surface area contributed by atoms with Gasteiger partial charge in [0.25, 0.3) is 0 Å². The molecule has 0 aliphatic carbocycles. The van der Waals surface area contributed by atoms with Crippen molar-refractivity contribution in [2.24, 2.45) is 4.99 Å². The number of fused-ring (bicyclic) bond motifs is 1. The summed E-state index contributed by atoms with van der Waals surface area (Å²) < 4.78 is 0. The van der Waals surface area contributed by atoms with Crippen molar-refractivity contribution in [1.82, 2.24) is 5.32 Å². The van der Waals surface area contributed by atoms with Gasteiger partial charge in [0.1, 0.15) is 5.25 Å². The molecule has 7 heteroatoms. The number of hydrogen-bond acceptors (Lipinski definition) is 4. The molecule has 1 atom stereocenters. The lowest BCUT2D eigenvalue weighted by atomic mass is 10.1. The molecule has 0 aromatic heterocycles. The van der Waals surface area contributed by atoms with Crippen LogP contribution < -0.4 is 10.6 Å². The minimum absolute atomic E-state index is 0.0724. The molecule has 28 heavy (non-hydrogen) atoms. The van der Waals surface area contributed by atoms with Gasteiger partial charge < -0.3 is 10.6 Å². The number of rotatable bonds is 4. The maximum Gasteiger partial charge on any atom is 0.240 e. The predicted octanol–water partition coefficient (Wildman–Crippen LogP) is 4.74. The van der Waals surface area contributed by atoms with Gasteiger partial charge in [-0.05, 0) is 47.2 Å². The molecule has 0 bridgehead atoms. The predicted molar refractivity (Wildman–Crippen MR) is 115 cm³/mol. The lowest BCUT2D eigenvalue weighted by Crippen LogP contribution is -2.28. The Morgan fingerprint density at radius 1 is 1.07 bits per heavy atom. The van der Waals surface area contributed by atoms with Gasteiger partial charge in [0.15, 0.2) is 5.17 Å². The van der Waals surface area contributed by atoms with Crippen LogP contribution in [0.3, 0.4) is 0 Å². The summed E-state index contributed by atoms with van der Waals surface area (Å²) in [6.07, 6.45) is 0.0724. The standard InChI is InChI=1S/C21H16ClN3O2S/c22-15-6-9-16(10-7-15)24-21-25-20(27)18(28-21)12-19(26)23-17-8-5-13-3-1-2-4-14(13)11-17/h1-11,18H,12H2,(H,23,26)(H,24,25,27)/t18-/m1/s1. The van der Waals surface area contributed by atoms with E-state index in [4.69, 9.17) is 11.6 Å². The molecule has 5 nitrogen and oxygen atoms in total. The molecule has 1 aliphatic heterocycles. The van der Waals surface area contributed by atoms with Crippen LogP contribution in [-0.2, 0) is 9.59 Å². The zero-order valence-electron chi connectivity index (χ0n) is 14.7. The van der Waals surface area contributed by atoms with Crippen LogP contribution in [0.4, 0.5) is 11.4 Å². The average Bonchev–Trinajstić information content (AvgIpc) is 3.02. The van der Waals surface area contributed by atoms with E-state index in [1.54, 1.807) is 24.3 Å². The van der Waals surface area contributed by atoms with Crippen molar-refractivity contribution in [2.75, 3.05) is 5.32 Å². The van der Waals surface area contributed by atoms with Gasteiger partial charge in [-0.25, -0.2) is 4.99 Å². The number of aliphatic imine (C=N–C) groups is 1. The molecule has 1 aliphatic rings. The smallest absolute Gasteiger partial charge is 0.240 e. The van der Waals surface area contributed by atoms with Crippen molar-refractivity contribution >= 4 is 62.5 Å². The van der Waals surface area contributed by atoms with Gasteiger partial charge in [-0.15, -0.1) is 0 Å². The Balaban J connectivity index is 1.39. The van der Waals surface area contributed by atoms with Crippen LogP contribution in [-0.4, -0.2) is 22.2 Å². The molecule has 3 aromatic rings. The summed E-state index contributed by atoms with van der Waals surface area (Å²) in [4.78, 5) is 29.0. The summed E-state index contributed by atoms with van der Waals surface area (Å²) in [6.45, 7) is 0. The van der Waals surface area contributed by atoms with Gasteiger partial charge in [-0.2, -0.15) is 0 Å². The fourth-order valence-electron chi connectivity index (χ4n) is 2.87. The normalized spacial score (nSPS) is 17.7. The molecule has 3 aromatic carbocycles. The first-order chi connectivity index (χ1) is 13.6. The molecule has 2 amide bonds. The number of nitrogens with zero attached hydrogens (tertiary/aromatic N) is 1. The van der Waals surface area contributed by atoms with Crippen molar-refractivity contribution in [3.8, 4) is 0 Å². The highest BCUT2D eigenvalue weighted by atomic mass is 35.5. The highest BCUT2D eigenvalue weighted by Crippen LogP contribution is 2.26. The lowest BCUT2D eigenvalue weighted by molar-refractivity contribution is -0.122. The molecule has 1 heterocycles. The summed E-state index contributed by atoms with van der Waals surface area (Å²) in [5.41, 5.74) is 1.40. The maximum atomic E-state index is 12.4. The molecule has 2 N–H and O–H groups in total. The molecule has 1 saturated heterocycles. The van der Waals surface area contributed by atoms with Gasteiger partial charge in [-0.1, -0.05) is 53.7 Å². The number of thioether (sulfide) groups is 1. The van der Waals surface area contributed by atoms with E-state index in [0.29, 0.717) is 21.6 Å². The molecule has 0 spiro atoms. The SMILES string of the molecule is O=C(C[C@H]1SC(=Nc2ccc(Cl)cc2)NC1=O)Nc1ccc2ccccc2c1. The number of anilines is 1. The van der Waals surface area contributed by atoms with Gasteiger partial charge >= 0.3 is 0 Å². The minimum atomic E-state index is -0.508. The van der Waals surface area contributed by atoms with E-state index in [0.717, 1.165) is 10.8 Å². The number of amides is 2. The van der Waals surface area contributed by atoms with Crippen LogP contribution in [0.25, 0.3) is 10.8 Å². The molecular formula is C21H16ClN3O2S. The first-order valence-electron chi connectivity index (χ1n) is 8.67. The van der Waals surface area contributed by atoms with E-state index in [1.807, 2.05) is 42.5 Å². The third-order valence-electron chi connectivity index (χ3n) is 4.24. The van der Waals surface area contributed by atoms with Gasteiger partial charge in [0, 0.05) is 17.1 Å². The maximum absolute atomic E-state index is 12.4. The fourth-order valence-corrected chi connectivity index (χ4v) is 3.99. The summed E-state index contributed by atoms with van der Waals surface area (Å²) in [5.74, 6) is -0.429. The van der Waals surface area contributed by atoms with Crippen molar-refractivity contribution in [3.05, 3.63) is 71.8 Å². The van der Waals surface area contributed by atoms with Crippen LogP contribution in [0.2, 0.25) is 5.02 Å². The number of benzene rings is 3. The van der Waals surface area contributed by atoms with Crippen LogP contribution >= 0.6 is 23.4 Å². The van der Waals surface area contributed by atoms with E-state index in [2.05, 4.69) is 15.6 Å². The Bertz CT molecular complexity index is 1080. The lowest BCUT2D eigenvalue weighted by Gasteiger charge is -2.08. The molecular weight excluding hydrogens is 394 g/mol. The number of hydrogen-bond donors (Lipinski definition) is 2. The Morgan fingerprint density at radius 3 is 2.61 bits per heavy atom. The van der Waals surface area contributed by atoms with Crippen molar-refractivity contribution < 1.29 is 9.59 Å². The van der Waals surface area contributed by atoms with Crippen molar-refractivity contribution in [1.29, 1.82) is 0 Å². The quantitative estimate of drug-likeness (QED) is 0.653. The second-order valence-corrected chi connectivity index (χ2v) is 7.93. The monoisotopic (exact) mass is 409 g/mol. The number of amidine groups is 1. The Labute approximate surface area is 171 Å². The Hall–Kier alpha value is -2.83. The zero-order valence-corrected chi connectivity index (χ0v) is 16.3. The number of carbonyl (C=O) groups excluding carboxylic acids is 2. The van der Waals surface area contributed by atoms with Gasteiger partial charge in [-0.3, -0.25) is 9.59 Å². The summed E-state index contributed by atoms with van der Waals surface area (Å²) >= 11 is 7.12. The first-order valence-corrected chi connectivity index (χ1v) is 9.93. The topological polar surface area (TPSA) is 70.6 Å². The second-order valence-electron chi connectivity index (χ2n) is 6.30. The van der Waals surface area contributed by atoms with Crippen LogP contribution in [0.5, 0.6) is 0 Å². The molecule has 4 rings (SSSR count). The van der Waals surface area contributed by atoms with Crippen LogP contribution in [0.1, 0.15) is 6.42 Å². The average molecular weight is 410 g/mol. The summed E-state index contributed by atoms with van der Waals surface area (Å²) in [6, 6.07) is 20.7. The van der Waals surface area contributed by atoms with E-state index in [9.17, 15) is 9.59 Å². The van der Waals surface area contributed by atoms with Crippen molar-refractivity contribution in [2.45, 2.75) is 11.7 Å². The Morgan fingerprint density at radius 2 is 1.82 bits per heavy atom. The molecule has 0 unspecified atom stereocenters. The zero-order chi connectivity index (χ0) is 19.5. The van der Waals surface area contributed by atoms with Crippen molar-refractivity contribution in [3.63, 3.8) is 0 Å². The minimum Gasteiger partial charge on any atom is -0.326 e. The number of halogens is 1. The highest BCUT2D eigenvalue weighted by molar-refractivity contribution is 8.15. The van der Waals surface area contributed by atoms with Gasteiger partial charge in [0.05, 0.1) is 5.69 Å². The third kappa shape index (κ3) is 4.35. The first kappa shape index (κ1) is 18.5. The molecule has 0 saturated carbocycles. The highest BCUT2D eigenvalue weighted by Gasteiger charge is 2.32. The van der Waals surface area contributed by atoms with E-state index in [1.165, 1.54) is 11.8 Å².